The number of nitrogens with one attached hydrogen (secondary N) is 1. The summed E-state index contributed by atoms with van der Waals surface area (Å²) in [5.41, 5.74) is 2.07. The summed E-state index contributed by atoms with van der Waals surface area (Å²) in [6.07, 6.45) is 4.29. The third-order valence-electron chi connectivity index (χ3n) is 3.39. The summed E-state index contributed by atoms with van der Waals surface area (Å²) >= 11 is 0. The molecule has 18 heavy (non-hydrogen) atoms. The second-order valence-corrected chi connectivity index (χ2v) is 5.19. The molecule has 0 spiro atoms. The molecule has 0 aromatic carbocycles. The summed E-state index contributed by atoms with van der Waals surface area (Å²) < 4.78 is 1.83. The van der Waals surface area contributed by atoms with E-state index < -0.39 is 0 Å². The maximum Gasteiger partial charge on any atom is 0.243 e. The highest BCUT2D eigenvalue weighted by Crippen LogP contribution is 2.14. The van der Waals surface area contributed by atoms with Crippen LogP contribution >= 0.6 is 0 Å². The van der Waals surface area contributed by atoms with E-state index in [-0.39, 0.29) is 0 Å². The van der Waals surface area contributed by atoms with Gasteiger partial charge in [-0.2, -0.15) is 4.98 Å². The normalized spacial score (nSPS) is 14.7. The first-order valence-electron chi connectivity index (χ1n) is 6.68. The van der Waals surface area contributed by atoms with Crippen molar-refractivity contribution in [1.29, 1.82) is 0 Å². The Labute approximate surface area is 108 Å². The van der Waals surface area contributed by atoms with E-state index in [4.69, 9.17) is 0 Å². The van der Waals surface area contributed by atoms with Crippen LogP contribution in [0.3, 0.4) is 0 Å². The van der Waals surface area contributed by atoms with Crippen molar-refractivity contribution in [2.75, 3.05) is 5.32 Å². The predicted molar refractivity (Wildman–Crippen MR) is 74.9 cm³/mol. The highest BCUT2D eigenvalue weighted by atomic mass is 15.3. The molecule has 0 bridgehead atoms. The Morgan fingerprint density at radius 2 is 2.17 bits per heavy atom. The molecular weight excluding hydrogens is 224 g/mol. The monoisotopic (exact) mass is 246 g/mol. The van der Waals surface area contributed by atoms with E-state index in [0.717, 1.165) is 29.5 Å². The van der Waals surface area contributed by atoms with Gasteiger partial charge in [0.2, 0.25) is 5.95 Å². The van der Waals surface area contributed by atoms with E-state index in [0.29, 0.717) is 6.04 Å². The molecule has 2 aromatic rings. The molecule has 2 atom stereocenters. The molecular formula is C14H22N4. The van der Waals surface area contributed by atoms with Gasteiger partial charge in [-0.15, -0.1) is 5.10 Å². The van der Waals surface area contributed by atoms with Crippen LogP contribution in [0.15, 0.2) is 18.3 Å². The molecule has 2 heterocycles. The first kappa shape index (κ1) is 12.9. The molecule has 4 heteroatoms. The van der Waals surface area contributed by atoms with Crippen molar-refractivity contribution in [1.82, 2.24) is 14.6 Å². The van der Waals surface area contributed by atoms with Crippen molar-refractivity contribution in [3.63, 3.8) is 0 Å². The van der Waals surface area contributed by atoms with Crippen LogP contribution < -0.4 is 5.32 Å². The van der Waals surface area contributed by atoms with Crippen molar-refractivity contribution in [2.24, 2.45) is 5.92 Å². The zero-order valence-electron chi connectivity index (χ0n) is 11.6. The summed E-state index contributed by atoms with van der Waals surface area (Å²) in [6, 6.07) is 4.44. The van der Waals surface area contributed by atoms with Crippen LogP contribution in [0.25, 0.3) is 5.65 Å². The lowest BCUT2D eigenvalue weighted by molar-refractivity contribution is 0.482. The highest BCUT2D eigenvalue weighted by Gasteiger charge is 2.10. The first-order valence-corrected chi connectivity index (χ1v) is 6.68. The lowest BCUT2D eigenvalue weighted by atomic mass is 10.0. The van der Waals surface area contributed by atoms with E-state index in [1.165, 1.54) is 6.42 Å². The van der Waals surface area contributed by atoms with E-state index in [1.807, 2.05) is 16.8 Å². The minimum Gasteiger partial charge on any atom is -0.350 e. The number of hydrogen-bond donors (Lipinski definition) is 1. The van der Waals surface area contributed by atoms with Crippen molar-refractivity contribution < 1.29 is 0 Å². The van der Waals surface area contributed by atoms with Gasteiger partial charge in [-0.1, -0.05) is 26.3 Å². The van der Waals surface area contributed by atoms with Crippen LogP contribution in [-0.4, -0.2) is 20.6 Å². The third kappa shape index (κ3) is 2.81. The summed E-state index contributed by atoms with van der Waals surface area (Å²) in [5, 5.41) is 7.82. The minimum absolute atomic E-state index is 0.401. The number of aryl methyl sites for hydroxylation is 1. The number of fused-ring (bicyclic) bond motifs is 1. The molecule has 2 aromatic heterocycles. The van der Waals surface area contributed by atoms with E-state index in [9.17, 15) is 0 Å². The Balaban J connectivity index is 2.10. The Morgan fingerprint density at radius 1 is 1.39 bits per heavy atom. The predicted octanol–water partition coefficient (Wildman–Crippen LogP) is 3.27. The molecule has 1 N–H and O–H groups in total. The standard InChI is InChI=1S/C14H22N4/c1-5-10(2)9-12(4)15-14-16-13-11(3)7-6-8-18(13)17-14/h6-8,10,12H,5,9H2,1-4H3,(H,15,17). The number of anilines is 1. The Morgan fingerprint density at radius 3 is 2.83 bits per heavy atom. The molecule has 0 aliphatic carbocycles. The maximum atomic E-state index is 4.53. The van der Waals surface area contributed by atoms with E-state index in [2.05, 4.69) is 49.2 Å². The van der Waals surface area contributed by atoms with E-state index in [1.54, 1.807) is 0 Å². The number of pyridine rings is 1. The summed E-state index contributed by atoms with van der Waals surface area (Å²) in [5.74, 6) is 1.45. The lowest BCUT2D eigenvalue weighted by Gasteiger charge is -2.16. The molecule has 98 valence electrons. The number of rotatable bonds is 5. The van der Waals surface area contributed by atoms with Gasteiger partial charge >= 0.3 is 0 Å². The smallest absolute Gasteiger partial charge is 0.243 e. The molecule has 0 aliphatic rings. The molecule has 0 fully saturated rings. The average Bonchev–Trinajstić information content (AvgIpc) is 2.72. The van der Waals surface area contributed by atoms with Gasteiger partial charge in [0.05, 0.1) is 0 Å². The molecule has 2 rings (SSSR count). The van der Waals surface area contributed by atoms with Crippen molar-refractivity contribution in [2.45, 2.75) is 46.6 Å². The van der Waals surface area contributed by atoms with Crippen molar-refractivity contribution >= 4 is 11.6 Å². The molecule has 4 nitrogen and oxygen atoms in total. The molecule has 0 radical (unpaired) electrons. The van der Waals surface area contributed by atoms with Crippen LogP contribution in [0, 0.1) is 12.8 Å². The zero-order chi connectivity index (χ0) is 13.1. The lowest BCUT2D eigenvalue weighted by Crippen LogP contribution is -2.19. The zero-order valence-corrected chi connectivity index (χ0v) is 11.6. The largest absolute Gasteiger partial charge is 0.350 e. The Bertz CT molecular complexity index is 517. The van der Waals surface area contributed by atoms with Gasteiger partial charge in [-0.05, 0) is 37.8 Å². The van der Waals surface area contributed by atoms with Gasteiger partial charge in [-0.25, -0.2) is 4.52 Å². The minimum atomic E-state index is 0.401. The van der Waals surface area contributed by atoms with Crippen LogP contribution in [0.5, 0.6) is 0 Å². The highest BCUT2D eigenvalue weighted by molar-refractivity contribution is 5.49. The second-order valence-electron chi connectivity index (χ2n) is 5.19. The molecule has 2 unspecified atom stereocenters. The number of hydrogen-bond acceptors (Lipinski definition) is 3. The topological polar surface area (TPSA) is 42.2 Å². The van der Waals surface area contributed by atoms with Gasteiger partial charge < -0.3 is 5.32 Å². The van der Waals surface area contributed by atoms with E-state index >= 15 is 0 Å². The van der Waals surface area contributed by atoms with Crippen LogP contribution in [0.4, 0.5) is 5.95 Å². The van der Waals surface area contributed by atoms with Crippen LogP contribution in [0.2, 0.25) is 0 Å². The Hall–Kier alpha value is -1.58. The van der Waals surface area contributed by atoms with Crippen molar-refractivity contribution in [3.8, 4) is 0 Å². The van der Waals surface area contributed by atoms with Gasteiger partial charge in [0.25, 0.3) is 0 Å². The fourth-order valence-corrected chi connectivity index (χ4v) is 2.15. The van der Waals surface area contributed by atoms with Gasteiger partial charge in [0, 0.05) is 12.2 Å². The number of nitrogens with zero attached hydrogens (tertiary/aromatic N) is 3. The molecule has 0 aliphatic heterocycles. The van der Waals surface area contributed by atoms with Crippen molar-refractivity contribution in [3.05, 3.63) is 23.9 Å². The van der Waals surface area contributed by atoms with Gasteiger partial charge in [-0.3, -0.25) is 0 Å². The van der Waals surface area contributed by atoms with Gasteiger partial charge in [0.15, 0.2) is 5.65 Å². The van der Waals surface area contributed by atoms with Crippen LogP contribution in [-0.2, 0) is 0 Å². The summed E-state index contributed by atoms with van der Waals surface area (Å²) in [7, 11) is 0. The SMILES string of the molecule is CCC(C)CC(C)Nc1nc2c(C)cccn2n1. The summed E-state index contributed by atoms with van der Waals surface area (Å²) in [4.78, 5) is 4.53. The average molecular weight is 246 g/mol. The fourth-order valence-electron chi connectivity index (χ4n) is 2.15. The first-order chi connectivity index (χ1) is 8.60. The molecule has 0 saturated carbocycles. The van der Waals surface area contributed by atoms with Crippen LogP contribution in [0.1, 0.15) is 39.2 Å². The van der Waals surface area contributed by atoms with Gasteiger partial charge in [0.1, 0.15) is 0 Å². The second kappa shape index (κ2) is 5.38. The molecule has 0 saturated heterocycles. The third-order valence-corrected chi connectivity index (χ3v) is 3.39. The molecule has 0 amide bonds. The number of aromatic nitrogens is 3. The fraction of sp³-hybridized carbons (Fsp3) is 0.571. The Kier molecular flexibility index (Phi) is 3.84. The summed E-state index contributed by atoms with van der Waals surface area (Å²) in [6.45, 7) is 8.74. The quantitative estimate of drug-likeness (QED) is 0.880. The maximum absolute atomic E-state index is 4.53.